The van der Waals surface area contributed by atoms with Crippen molar-refractivity contribution in [2.45, 2.75) is 20.4 Å². The molecular formula is C14H18N4. The van der Waals surface area contributed by atoms with Gasteiger partial charge in [0, 0.05) is 25.5 Å². The van der Waals surface area contributed by atoms with Crippen molar-refractivity contribution in [2.75, 3.05) is 17.7 Å². The molecule has 0 saturated heterocycles. The molecule has 0 saturated carbocycles. The summed E-state index contributed by atoms with van der Waals surface area (Å²) in [5.74, 6) is 0.914. The molecule has 2 N–H and O–H groups in total. The van der Waals surface area contributed by atoms with E-state index in [9.17, 15) is 0 Å². The Labute approximate surface area is 107 Å². The standard InChI is InChI=1S/C14H18N4/c1-10-8-16-11(2)14(17-10)18(3)9-12-5-4-6-13(15)7-12/h4-8H,9,15H2,1-3H3. The predicted octanol–water partition coefficient (Wildman–Crippen LogP) is 2.31. The number of aromatic nitrogens is 2. The monoisotopic (exact) mass is 242 g/mol. The summed E-state index contributed by atoms with van der Waals surface area (Å²) in [6, 6.07) is 7.90. The Morgan fingerprint density at radius 2 is 2.06 bits per heavy atom. The maximum atomic E-state index is 5.78. The lowest BCUT2D eigenvalue weighted by Crippen LogP contribution is -2.19. The van der Waals surface area contributed by atoms with Gasteiger partial charge >= 0.3 is 0 Å². The van der Waals surface area contributed by atoms with Crippen molar-refractivity contribution in [3.05, 3.63) is 47.4 Å². The first-order valence-electron chi connectivity index (χ1n) is 5.92. The zero-order valence-corrected chi connectivity index (χ0v) is 11.0. The molecule has 1 heterocycles. The van der Waals surface area contributed by atoms with Crippen molar-refractivity contribution in [3.63, 3.8) is 0 Å². The molecule has 0 amide bonds. The van der Waals surface area contributed by atoms with Crippen LogP contribution in [0.1, 0.15) is 17.0 Å². The maximum absolute atomic E-state index is 5.78. The van der Waals surface area contributed by atoms with Crippen LogP contribution >= 0.6 is 0 Å². The topological polar surface area (TPSA) is 55.0 Å². The Balaban J connectivity index is 2.21. The van der Waals surface area contributed by atoms with Gasteiger partial charge in [-0.25, -0.2) is 4.98 Å². The zero-order valence-electron chi connectivity index (χ0n) is 11.0. The fourth-order valence-electron chi connectivity index (χ4n) is 1.93. The summed E-state index contributed by atoms with van der Waals surface area (Å²) in [6.07, 6.45) is 1.78. The molecule has 2 rings (SSSR count). The molecule has 4 nitrogen and oxygen atoms in total. The molecule has 0 atom stereocenters. The number of hydrogen-bond acceptors (Lipinski definition) is 4. The summed E-state index contributed by atoms with van der Waals surface area (Å²) in [4.78, 5) is 10.9. The van der Waals surface area contributed by atoms with E-state index in [2.05, 4.69) is 20.9 Å². The number of benzene rings is 1. The number of aryl methyl sites for hydroxylation is 2. The van der Waals surface area contributed by atoms with E-state index >= 15 is 0 Å². The number of nitrogens with two attached hydrogens (primary N) is 1. The Bertz CT molecular complexity index is 551. The van der Waals surface area contributed by atoms with Gasteiger partial charge in [-0.15, -0.1) is 0 Å². The maximum Gasteiger partial charge on any atom is 0.150 e. The average molecular weight is 242 g/mol. The lowest BCUT2D eigenvalue weighted by Gasteiger charge is -2.20. The molecule has 0 bridgehead atoms. The quantitative estimate of drug-likeness (QED) is 0.839. The van der Waals surface area contributed by atoms with Crippen LogP contribution in [0.4, 0.5) is 11.5 Å². The highest BCUT2D eigenvalue weighted by Gasteiger charge is 2.08. The summed E-state index contributed by atoms with van der Waals surface area (Å²) in [5.41, 5.74) is 9.60. The molecule has 94 valence electrons. The second-order valence-electron chi connectivity index (χ2n) is 4.52. The van der Waals surface area contributed by atoms with Crippen LogP contribution in [0.15, 0.2) is 30.5 Å². The third-order valence-electron chi connectivity index (χ3n) is 2.78. The normalized spacial score (nSPS) is 10.4. The van der Waals surface area contributed by atoms with Crippen LogP contribution in [0.5, 0.6) is 0 Å². The Morgan fingerprint density at radius 3 is 2.78 bits per heavy atom. The zero-order chi connectivity index (χ0) is 13.1. The van der Waals surface area contributed by atoms with E-state index in [1.807, 2.05) is 39.1 Å². The van der Waals surface area contributed by atoms with E-state index in [0.29, 0.717) is 0 Å². The second kappa shape index (κ2) is 5.04. The predicted molar refractivity (Wildman–Crippen MR) is 74.5 cm³/mol. The Hall–Kier alpha value is -2.10. The molecule has 1 aromatic carbocycles. The molecule has 0 aliphatic carbocycles. The third kappa shape index (κ3) is 2.77. The number of nitrogen functional groups attached to an aromatic ring is 1. The van der Waals surface area contributed by atoms with Gasteiger partial charge in [0.25, 0.3) is 0 Å². The van der Waals surface area contributed by atoms with E-state index in [-0.39, 0.29) is 0 Å². The smallest absolute Gasteiger partial charge is 0.150 e. The first kappa shape index (κ1) is 12.4. The van der Waals surface area contributed by atoms with Crippen molar-refractivity contribution in [3.8, 4) is 0 Å². The van der Waals surface area contributed by atoms with E-state index in [4.69, 9.17) is 5.73 Å². The minimum absolute atomic E-state index is 0.768. The molecular weight excluding hydrogens is 224 g/mol. The fourth-order valence-corrected chi connectivity index (χ4v) is 1.93. The molecule has 2 aromatic rings. The molecule has 0 unspecified atom stereocenters. The van der Waals surface area contributed by atoms with E-state index in [0.717, 1.165) is 29.4 Å². The van der Waals surface area contributed by atoms with Crippen molar-refractivity contribution in [1.82, 2.24) is 9.97 Å². The van der Waals surface area contributed by atoms with Crippen LogP contribution in [0.25, 0.3) is 0 Å². The Kier molecular flexibility index (Phi) is 3.46. The second-order valence-corrected chi connectivity index (χ2v) is 4.52. The first-order chi connectivity index (χ1) is 8.56. The minimum atomic E-state index is 0.768. The highest BCUT2D eigenvalue weighted by atomic mass is 15.2. The molecule has 0 spiro atoms. The minimum Gasteiger partial charge on any atom is -0.399 e. The average Bonchev–Trinajstić information content (AvgIpc) is 2.32. The largest absolute Gasteiger partial charge is 0.399 e. The van der Waals surface area contributed by atoms with Crippen molar-refractivity contribution < 1.29 is 0 Å². The molecule has 4 heteroatoms. The number of hydrogen-bond donors (Lipinski definition) is 1. The van der Waals surface area contributed by atoms with E-state index < -0.39 is 0 Å². The molecule has 1 aromatic heterocycles. The van der Waals surface area contributed by atoms with Gasteiger partial charge in [-0.1, -0.05) is 12.1 Å². The molecule has 0 aliphatic rings. The van der Waals surface area contributed by atoms with Crippen LogP contribution < -0.4 is 10.6 Å². The van der Waals surface area contributed by atoms with Crippen LogP contribution in [0, 0.1) is 13.8 Å². The van der Waals surface area contributed by atoms with Crippen LogP contribution in [0.3, 0.4) is 0 Å². The van der Waals surface area contributed by atoms with Gasteiger partial charge < -0.3 is 10.6 Å². The van der Waals surface area contributed by atoms with Crippen LogP contribution in [0.2, 0.25) is 0 Å². The van der Waals surface area contributed by atoms with Gasteiger partial charge in [-0.2, -0.15) is 0 Å². The lowest BCUT2D eigenvalue weighted by atomic mass is 10.2. The SMILES string of the molecule is Cc1cnc(C)c(N(C)Cc2cccc(N)c2)n1. The van der Waals surface area contributed by atoms with Crippen LogP contribution in [-0.4, -0.2) is 17.0 Å². The summed E-state index contributed by atoms with van der Waals surface area (Å²) in [5, 5.41) is 0. The Morgan fingerprint density at radius 1 is 1.28 bits per heavy atom. The van der Waals surface area contributed by atoms with Gasteiger partial charge in [0.15, 0.2) is 0 Å². The van der Waals surface area contributed by atoms with Gasteiger partial charge in [0.1, 0.15) is 5.82 Å². The first-order valence-corrected chi connectivity index (χ1v) is 5.92. The molecule has 0 fully saturated rings. The fraction of sp³-hybridized carbons (Fsp3) is 0.286. The van der Waals surface area contributed by atoms with Gasteiger partial charge in [-0.05, 0) is 31.5 Å². The number of anilines is 2. The lowest BCUT2D eigenvalue weighted by molar-refractivity contribution is 0.869. The number of rotatable bonds is 3. The van der Waals surface area contributed by atoms with E-state index in [1.165, 1.54) is 5.56 Å². The number of nitrogens with zero attached hydrogens (tertiary/aromatic N) is 3. The molecule has 18 heavy (non-hydrogen) atoms. The highest BCUT2D eigenvalue weighted by Crippen LogP contribution is 2.17. The summed E-state index contributed by atoms with van der Waals surface area (Å²) >= 11 is 0. The third-order valence-corrected chi connectivity index (χ3v) is 2.78. The van der Waals surface area contributed by atoms with E-state index in [1.54, 1.807) is 6.20 Å². The van der Waals surface area contributed by atoms with Crippen LogP contribution in [-0.2, 0) is 6.54 Å². The highest BCUT2D eigenvalue weighted by molar-refractivity contribution is 5.46. The summed E-state index contributed by atoms with van der Waals surface area (Å²) in [7, 11) is 2.01. The summed E-state index contributed by atoms with van der Waals surface area (Å²) < 4.78 is 0. The van der Waals surface area contributed by atoms with Crippen molar-refractivity contribution in [1.29, 1.82) is 0 Å². The molecule has 0 radical (unpaired) electrons. The van der Waals surface area contributed by atoms with Gasteiger partial charge in [0.2, 0.25) is 0 Å². The molecule has 0 aliphatic heterocycles. The van der Waals surface area contributed by atoms with Crippen molar-refractivity contribution in [2.24, 2.45) is 0 Å². The van der Waals surface area contributed by atoms with Gasteiger partial charge in [-0.3, -0.25) is 4.98 Å². The van der Waals surface area contributed by atoms with Gasteiger partial charge in [0.05, 0.1) is 11.4 Å². The summed E-state index contributed by atoms with van der Waals surface area (Å²) in [6.45, 7) is 4.69. The van der Waals surface area contributed by atoms with Crippen molar-refractivity contribution >= 4 is 11.5 Å².